The summed E-state index contributed by atoms with van der Waals surface area (Å²) in [6.45, 7) is 3.36. The fourth-order valence-corrected chi connectivity index (χ4v) is 5.69. The molecule has 3 aliphatic rings. The summed E-state index contributed by atoms with van der Waals surface area (Å²) in [4.78, 5) is 0.418. The second-order valence-electron chi connectivity index (χ2n) is 7.04. The molecule has 3 atom stereocenters. The van der Waals surface area contributed by atoms with E-state index in [0.29, 0.717) is 17.4 Å². The zero-order chi connectivity index (χ0) is 15.3. The van der Waals surface area contributed by atoms with Gasteiger partial charge in [0.15, 0.2) is 0 Å². The number of piperidine rings is 1. The smallest absolute Gasteiger partial charge is 0.243 e. The van der Waals surface area contributed by atoms with Crippen LogP contribution in [-0.2, 0) is 14.8 Å². The normalized spacial score (nSPS) is 31.8. The van der Waals surface area contributed by atoms with Gasteiger partial charge in [0.05, 0.1) is 17.0 Å². The second kappa shape index (κ2) is 5.32. The van der Waals surface area contributed by atoms with Crippen LogP contribution in [-0.4, -0.2) is 38.0 Å². The van der Waals surface area contributed by atoms with Crippen LogP contribution in [0.1, 0.15) is 31.2 Å². The van der Waals surface area contributed by atoms with Gasteiger partial charge in [-0.25, -0.2) is 8.42 Å². The highest BCUT2D eigenvalue weighted by Gasteiger charge is 2.52. The zero-order valence-corrected chi connectivity index (χ0v) is 13.8. The van der Waals surface area contributed by atoms with Crippen molar-refractivity contribution in [3.63, 3.8) is 0 Å². The molecule has 22 heavy (non-hydrogen) atoms. The Hall–Kier alpha value is -0.910. The molecule has 2 bridgehead atoms. The molecule has 4 rings (SSSR count). The van der Waals surface area contributed by atoms with Crippen molar-refractivity contribution in [3.8, 4) is 0 Å². The summed E-state index contributed by atoms with van der Waals surface area (Å²) in [6.07, 6.45) is 4.69. The lowest BCUT2D eigenvalue weighted by molar-refractivity contribution is 0.0271. The van der Waals surface area contributed by atoms with Crippen molar-refractivity contribution in [2.24, 2.45) is 11.8 Å². The fraction of sp³-hybridized carbons (Fsp3) is 0.647. The first-order valence-electron chi connectivity index (χ1n) is 8.26. The van der Waals surface area contributed by atoms with Crippen LogP contribution in [0.4, 0.5) is 0 Å². The first kappa shape index (κ1) is 14.7. The van der Waals surface area contributed by atoms with Gasteiger partial charge < -0.3 is 4.74 Å². The van der Waals surface area contributed by atoms with Crippen LogP contribution in [0.2, 0.25) is 0 Å². The van der Waals surface area contributed by atoms with Gasteiger partial charge in [0, 0.05) is 19.1 Å². The van der Waals surface area contributed by atoms with Crippen molar-refractivity contribution >= 4 is 10.0 Å². The van der Waals surface area contributed by atoms with E-state index < -0.39 is 10.0 Å². The molecular formula is C17H23NO3S. The number of aryl methyl sites for hydroxylation is 1. The summed E-state index contributed by atoms with van der Waals surface area (Å²) in [5.74, 6) is 1.10. The number of hydrogen-bond acceptors (Lipinski definition) is 3. The van der Waals surface area contributed by atoms with Crippen LogP contribution in [0.3, 0.4) is 0 Å². The SMILES string of the molecule is Cc1cccc(S(=O)(=O)N2CC3CCC2C3OCC2CC2)c1. The minimum absolute atomic E-state index is 0.0364. The highest BCUT2D eigenvalue weighted by molar-refractivity contribution is 7.89. The average molecular weight is 321 g/mol. The summed E-state index contributed by atoms with van der Waals surface area (Å²) >= 11 is 0. The van der Waals surface area contributed by atoms with Crippen molar-refractivity contribution in [3.05, 3.63) is 29.8 Å². The topological polar surface area (TPSA) is 46.6 Å². The van der Waals surface area contributed by atoms with Crippen molar-refractivity contribution in [1.82, 2.24) is 4.31 Å². The van der Waals surface area contributed by atoms with Crippen molar-refractivity contribution in [1.29, 1.82) is 0 Å². The van der Waals surface area contributed by atoms with Gasteiger partial charge in [-0.3, -0.25) is 0 Å². The molecule has 0 amide bonds. The fourth-order valence-electron chi connectivity index (χ4n) is 3.86. The third-order valence-corrected chi connectivity index (χ3v) is 7.17. The first-order valence-corrected chi connectivity index (χ1v) is 9.70. The number of hydrogen-bond donors (Lipinski definition) is 0. The van der Waals surface area contributed by atoms with E-state index >= 15 is 0 Å². The molecule has 3 unspecified atom stereocenters. The summed E-state index contributed by atoms with van der Waals surface area (Å²) in [5.41, 5.74) is 0.979. The van der Waals surface area contributed by atoms with Gasteiger partial charge >= 0.3 is 0 Å². The molecule has 0 spiro atoms. The summed E-state index contributed by atoms with van der Waals surface area (Å²) in [7, 11) is -3.39. The molecule has 2 aliphatic carbocycles. The Balaban J connectivity index is 1.55. The highest BCUT2D eigenvalue weighted by atomic mass is 32.2. The van der Waals surface area contributed by atoms with E-state index in [2.05, 4.69) is 0 Å². The molecule has 1 aliphatic heterocycles. The Morgan fingerprint density at radius 3 is 2.77 bits per heavy atom. The van der Waals surface area contributed by atoms with Crippen LogP contribution >= 0.6 is 0 Å². The molecule has 2 saturated carbocycles. The third-order valence-electron chi connectivity index (χ3n) is 5.28. The maximum Gasteiger partial charge on any atom is 0.243 e. The van der Waals surface area contributed by atoms with Crippen LogP contribution in [0, 0.1) is 18.8 Å². The molecule has 4 nitrogen and oxygen atoms in total. The quantitative estimate of drug-likeness (QED) is 0.837. The van der Waals surface area contributed by atoms with Gasteiger partial charge in [0.2, 0.25) is 10.0 Å². The van der Waals surface area contributed by atoms with Crippen LogP contribution in [0.25, 0.3) is 0 Å². The minimum atomic E-state index is -3.39. The van der Waals surface area contributed by atoms with Crippen LogP contribution in [0.5, 0.6) is 0 Å². The molecule has 0 aromatic heterocycles. The summed E-state index contributed by atoms with van der Waals surface area (Å²) in [5, 5.41) is 0. The average Bonchev–Trinajstić information content (AvgIpc) is 3.17. The van der Waals surface area contributed by atoms with Gasteiger partial charge in [-0.2, -0.15) is 4.31 Å². The number of fused-ring (bicyclic) bond motifs is 2. The number of rotatable bonds is 5. The van der Waals surface area contributed by atoms with Crippen molar-refractivity contribution in [2.75, 3.05) is 13.2 Å². The van der Waals surface area contributed by atoms with Crippen LogP contribution < -0.4 is 0 Å². The van der Waals surface area contributed by atoms with Gasteiger partial charge in [-0.05, 0) is 56.2 Å². The standard InChI is InChI=1S/C17H23NO3S/c1-12-3-2-4-15(9-12)22(19,20)18-10-14-7-8-16(18)17(14)21-11-13-5-6-13/h2-4,9,13-14,16-17H,5-8,10-11H2,1H3. The minimum Gasteiger partial charge on any atom is -0.376 e. The van der Waals surface area contributed by atoms with E-state index in [-0.39, 0.29) is 12.1 Å². The maximum absolute atomic E-state index is 12.9. The highest BCUT2D eigenvalue weighted by Crippen LogP contribution is 2.43. The lowest BCUT2D eigenvalue weighted by Crippen LogP contribution is -2.40. The lowest BCUT2D eigenvalue weighted by atomic mass is 10.1. The Labute approximate surface area is 132 Å². The predicted octanol–water partition coefficient (Wildman–Crippen LogP) is 2.57. The van der Waals surface area contributed by atoms with Crippen molar-refractivity contribution < 1.29 is 13.2 Å². The van der Waals surface area contributed by atoms with E-state index in [1.165, 1.54) is 12.8 Å². The Morgan fingerprint density at radius 2 is 2.05 bits per heavy atom. The van der Waals surface area contributed by atoms with Gasteiger partial charge in [0.1, 0.15) is 0 Å². The molecule has 1 aromatic rings. The molecule has 1 saturated heterocycles. The predicted molar refractivity (Wildman–Crippen MR) is 84.0 cm³/mol. The number of nitrogens with zero attached hydrogens (tertiary/aromatic N) is 1. The third kappa shape index (κ3) is 2.49. The number of benzene rings is 1. The van der Waals surface area contributed by atoms with Gasteiger partial charge in [0.25, 0.3) is 0 Å². The van der Waals surface area contributed by atoms with E-state index in [0.717, 1.165) is 30.9 Å². The van der Waals surface area contributed by atoms with Gasteiger partial charge in [-0.1, -0.05) is 12.1 Å². The zero-order valence-electron chi connectivity index (χ0n) is 12.9. The molecule has 0 radical (unpaired) electrons. The molecule has 1 heterocycles. The van der Waals surface area contributed by atoms with E-state index in [1.54, 1.807) is 16.4 Å². The number of ether oxygens (including phenoxy) is 1. The lowest BCUT2D eigenvalue weighted by Gasteiger charge is -2.26. The van der Waals surface area contributed by atoms with E-state index in [9.17, 15) is 8.42 Å². The Kier molecular flexibility index (Phi) is 3.55. The molecule has 5 heteroatoms. The summed E-state index contributed by atoms with van der Waals surface area (Å²) in [6, 6.07) is 7.25. The van der Waals surface area contributed by atoms with E-state index in [4.69, 9.17) is 4.74 Å². The monoisotopic (exact) mass is 321 g/mol. The van der Waals surface area contributed by atoms with Crippen LogP contribution in [0.15, 0.2) is 29.2 Å². The largest absolute Gasteiger partial charge is 0.376 e. The Morgan fingerprint density at radius 1 is 1.23 bits per heavy atom. The molecule has 120 valence electrons. The summed E-state index contributed by atoms with van der Waals surface area (Å²) < 4.78 is 33.7. The van der Waals surface area contributed by atoms with E-state index in [1.807, 2.05) is 19.1 Å². The maximum atomic E-state index is 12.9. The molecule has 3 fully saturated rings. The van der Waals surface area contributed by atoms with Crippen molar-refractivity contribution in [2.45, 2.75) is 49.6 Å². The number of sulfonamides is 1. The first-order chi connectivity index (χ1) is 10.6. The second-order valence-corrected chi connectivity index (χ2v) is 8.93. The molecular weight excluding hydrogens is 298 g/mol. The molecule has 1 aromatic carbocycles. The van der Waals surface area contributed by atoms with Gasteiger partial charge in [-0.15, -0.1) is 0 Å². The Bertz CT molecular complexity index is 668. The molecule has 0 N–H and O–H groups in total.